The molecule has 0 saturated heterocycles. The Bertz CT molecular complexity index is 1410. The van der Waals surface area contributed by atoms with Gasteiger partial charge in [0.05, 0.1) is 27.7 Å². The topological polar surface area (TPSA) is 111 Å². The number of phosphoric acid groups is 1. The zero-order valence-electron chi connectivity index (χ0n) is 37.1. The molecule has 0 amide bonds. The number of ether oxygens (including phenoxy) is 2. The third-order valence-corrected chi connectivity index (χ3v) is 9.32. The van der Waals surface area contributed by atoms with Crippen LogP contribution in [0, 0.1) is 0 Å². The van der Waals surface area contributed by atoms with E-state index in [2.05, 4.69) is 80.7 Å². The third kappa shape index (κ3) is 43.8. The number of nitrogens with zero attached hydrogens (tertiary/aromatic N) is 1. The summed E-state index contributed by atoms with van der Waals surface area (Å²) in [6.45, 7) is 3.82. The van der Waals surface area contributed by atoms with Crippen LogP contribution in [0.2, 0.25) is 0 Å². The second-order valence-corrected chi connectivity index (χ2v) is 16.5. The van der Waals surface area contributed by atoms with E-state index in [9.17, 15) is 19.0 Å². The Morgan fingerprint density at radius 3 is 1.59 bits per heavy atom. The molecule has 9 nitrogen and oxygen atoms in total. The van der Waals surface area contributed by atoms with Gasteiger partial charge in [-0.15, -0.1) is 0 Å². The van der Waals surface area contributed by atoms with Gasteiger partial charge in [-0.2, -0.15) is 0 Å². The van der Waals surface area contributed by atoms with Gasteiger partial charge >= 0.3 is 11.9 Å². The summed E-state index contributed by atoms with van der Waals surface area (Å²) in [5, 5.41) is 0. The molecule has 0 rings (SSSR count). The highest BCUT2D eigenvalue weighted by atomic mass is 31.2. The van der Waals surface area contributed by atoms with Crippen molar-refractivity contribution in [2.75, 3.05) is 47.5 Å². The van der Waals surface area contributed by atoms with E-state index in [1.165, 1.54) is 0 Å². The summed E-state index contributed by atoms with van der Waals surface area (Å²) >= 11 is 0. The third-order valence-electron chi connectivity index (χ3n) is 8.36. The minimum Gasteiger partial charge on any atom is -0.756 e. The molecule has 332 valence electrons. The Labute approximate surface area is 358 Å². The molecule has 0 aliphatic carbocycles. The summed E-state index contributed by atoms with van der Waals surface area (Å²) in [6.07, 6.45) is 55.3. The molecule has 10 heteroatoms. The van der Waals surface area contributed by atoms with Crippen LogP contribution in [0.15, 0.2) is 122 Å². The summed E-state index contributed by atoms with van der Waals surface area (Å²) in [6, 6.07) is 0. The van der Waals surface area contributed by atoms with Crippen LogP contribution < -0.4 is 4.89 Å². The maximum Gasteiger partial charge on any atom is 0.306 e. The standard InChI is InChI=1S/C49H78NO8P/c1-6-8-10-12-14-16-18-20-21-22-23-24-25-26-27-28-30-31-33-35-37-39-41-48(51)55-45-47(46-57-59(53,54)56-44-43-50(3,4)5)58-49(52)42-40-38-36-34-32-29-19-17-15-13-11-9-7-2/h8-11,13-17,19-21,23-24,26-27,29,32,34,36,47H,6-7,12,18,22,25,28,30-31,33,35,37-46H2,1-5H3/b10-8+,11-9+,15-13+,16-14+,19-17+,21-20+,24-23+,27-26+,32-29+,36-34+. The lowest BCUT2D eigenvalue weighted by molar-refractivity contribution is -0.870. The van der Waals surface area contributed by atoms with Gasteiger partial charge in [0.25, 0.3) is 7.82 Å². The Morgan fingerprint density at radius 1 is 0.542 bits per heavy atom. The van der Waals surface area contributed by atoms with Crippen molar-refractivity contribution >= 4 is 19.8 Å². The molecule has 0 bridgehead atoms. The Kier molecular flexibility index (Phi) is 37.4. The normalized spacial score (nSPS) is 14.7. The molecule has 59 heavy (non-hydrogen) atoms. The number of esters is 2. The fourth-order valence-electron chi connectivity index (χ4n) is 5.00. The molecular formula is C49H78NO8P. The number of hydrogen-bond donors (Lipinski definition) is 0. The molecule has 2 unspecified atom stereocenters. The molecular weight excluding hydrogens is 762 g/mol. The summed E-state index contributed by atoms with van der Waals surface area (Å²) in [5.74, 6) is -0.954. The zero-order valence-corrected chi connectivity index (χ0v) is 38.0. The summed E-state index contributed by atoms with van der Waals surface area (Å²) in [7, 11) is 1.08. The molecule has 0 aromatic rings. The SMILES string of the molecule is CC/C=C/C=C/C=C/C=C/C=C/CCCC(=O)OC(COC(=O)CCCCCCCC/C=C/C/C=C/C/C=C/C/C=C/C/C=C/CC)COP(=O)([O-])OCC[N+](C)(C)C. The van der Waals surface area contributed by atoms with Crippen LogP contribution in [0.4, 0.5) is 0 Å². The number of hydrogen-bond acceptors (Lipinski definition) is 8. The van der Waals surface area contributed by atoms with Crippen LogP contribution in [0.1, 0.15) is 123 Å². The molecule has 0 aliphatic rings. The lowest BCUT2D eigenvalue weighted by Gasteiger charge is -2.28. The van der Waals surface area contributed by atoms with Crippen molar-refractivity contribution in [1.29, 1.82) is 0 Å². The number of rotatable bonds is 37. The van der Waals surface area contributed by atoms with Crippen molar-refractivity contribution < 1.29 is 42.1 Å². The lowest BCUT2D eigenvalue weighted by atomic mass is 10.1. The van der Waals surface area contributed by atoms with Crippen molar-refractivity contribution in [3.05, 3.63) is 122 Å². The molecule has 0 spiro atoms. The van der Waals surface area contributed by atoms with E-state index >= 15 is 0 Å². The van der Waals surface area contributed by atoms with E-state index in [-0.39, 0.29) is 26.1 Å². The van der Waals surface area contributed by atoms with Gasteiger partial charge in [0.1, 0.15) is 19.8 Å². The molecule has 0 N–H and O–H groups in total. The monoisotopic (exact) mass is 840 g/mol. The number of unbranched alkanes of at least 4 members (excludes halogenated alkanes) is 7. The quantitative estimate of drug-likeness (QED) is 0.0152. The fraction of sp³-hybridized carbons (Fsp3) is 0.551. The van der Waals surface area contributed by atoms with E-state index in [1.807, 2.05) is 75.8 Å². The predicted octanol–water partition coefficient (Wildman–Crippen LogP) is 11.9. The van der Waals surface area contributed by atoms with Crippen LogP contribution in [-0.4, -0.2) is 70.0 Å². The highest BCUT2D eigenvalue weighted by Gasteiger charge is 2.21. The van der Waals surface area contributed by atoms with Crippen molar-refractivity contribution in [2.45, 2.75) is 129 Å². The minimum absolute atomic E-state index is 0.0549. The van der Waals surface area contributed by atoms with E-state index in [0.29, 0.717) is 30.3 Å². The first-order valence-corrected chi connectivity index (χ1v) is 23.3. The first kappa shape index (κ1) is 55.4. The molecule has 2 atom stereocenters. The average Bonchev–Trinajstić information content (AvgIpc) is 3.19. The second kappa shape index (κ2) is 39.8. The second-order valence-electron chi connectivity index (χ2n) is 15.1. The number of likely N-dealkylation sites (N-methyl/N-ethyl adjacent to an activating group) is 1. The molecule has 0 fully saturated rings. The van der Waals surface area contributed by atoms with Gasteiger partial charge < -0.3 is 27.9 Å². The predicted molar refractivity (Wildman–Crippen MR) is 244 cm³/mol. The first-order valence-electron chi connectivity index (χ1n) is 21.8. The summed E-state index contributed by atoms with van der Waals surface area (Å²) in [5.41, 5.74) is 0. The van der Waals surface area contributed by atoms with Gasteiger partial charge in [-0.3, -0.25) is 14.2 Å². The molecule has 0 saturated carbocycles. The highest BCUT2D eigenvalue weighted by Crippen LogP contribution is 2.38. The number of carbonyl (C=O) groups excluding carboxylic acids is 2. The molecule has 0 aliphatic heterocycles. The number of phosphoric ester groups is 1. The van der Waals surface area contributed by atoms with Crippen LogP contribution in [0.25, 0.3) is 0 Å². The smallest absolute Gasteiger partial charge is 0.306 e. The van der Waals surface area contributed by atoms with E-state index in [1.54, 1.807) is 0 Å². The van der Waals surface area contributed by atoms with Crippen LogP contribution in [0.5, 0.6) is 0 Å². The Balaban J connectivity index is 4.45. The van der Waals surface area contributed by atoms with Crippen LogP contribution in [0.3, 0.4) is 0 Å². The number of carbonyl (C=O) groups is 2. The van der Waals surface area contributed by atoms with Gasteiger partial charge in [0, 0.05) is 12.8 Å². The van der Waals surface area contributed by atoms with Gasteiger partial charge in [-0.25, -0.2) is 0 Å². The minimum atomic E-state index is -4.66. The molecule has 0 aromatic heterocycles. The van der Waals surface area contributed by atoms with Gasteiger partial charge in [-0.05, 0) is 70.6 Å². The summed E-state index contributed by atoms with van der Waals surface area (Å²) in [4.78, 5) is 37.5. The Morgan fingerprint density at radius 2 is 1.02 bits per heavy atom. The van der Waals surface area contributed by atoms with Gasteiger partial charge in [0.2, 0.25) is 0 Å². The number of allylic oxidation sites excluding steroid dienone is 20. The zero-order chi connectivity index (χ0) is 43.6. The maximum absolute atomic E-state index is 12.6. The summed E-state index contributed by atoms with van der Waals surface area (Å²) < 4.78 is 33.7. The fourth-order valence-corrected chi connectivity index (χ4v) is 5.73. The van der Waals surface area contributed by atoms with Gasteiger partial charge in [-0.1, -0.05) is 161 Å². The van der Waals surface area contributed by atoms with Crippen molar-refractivity contribution in [3.8, 4) is 0 Å². The molecule has 0 heterocycles. The maximum atomic E-state index is 12.6. The van der Waals surface area contributed by atoms with Crippen molar-refractivity contribution in [2.24, 2.45) is 0 Å². The van der Waals surface area contributed by atoms with E-state index in [0.717, 1.165) is 77.0 Å². The van der Waals surface area contributed by atoms with Crippen molar-refractivity contribution in [1.82, 2.24) is 0 Å². The highest BCUT2D eigenvalue weighted by molar-refractivity contribution is 7.45. The molecule has 0 aromatic carbocycles. The largest absolute Gasteiger partial charge is 0.756 e. The van der Waals surface area contributed by atoms with Crippen LogP contribution >= 0.6 is 7.82 Å². The molecule has 0 radical (unpaired) electrons. The van der Waals surface area contributed by atoms with E-state index < -0.39 is 32.5 Å². The van der Waals surface area contributed by atoms with Crippen molar-refractivity contribution in [3.63, 3.8) is 0 Å². The van der Waals surface area contributed by atoms with Crippen LogP contribution in [-0.2, 0) is 32.7 Å². The first-order chi connectivity index (χ1) is 28.5. The van der Waals surface area contributed by atoms with Gasteiger partial charge in [0.15, 0.2) is 6.10 Å². The van der Waals surface area contributed by atoms with E-state index in [4.69, 9.17) is 18.5 Å². The lowest BCUT2D eigenvalue weighted by Crippen LogP contribution is -2.37. The average molecular weight is 840 g/mol. The number of quaternary nitrogens is 1. The Hall–Kier alpha value is -3.59.